The lowest BCUT2D eigenvalue weighted by Crippen LogP contribution is -2.47. The first-order valence-electron chi connectivity index (χ1n) is 10.1. The molecule has 1 heterocycles. The third-order valence-electron chi connectivity index (χ3n) is 5.10. The number of hydrogen-bond donors (Lipinski definition) is 1. The second kappa shape index (κ2) is 9.77. The number of nitrogens with zero attached hydrogens (tertiary/aromatic N) is 4. The molecule has 0 saturated carbocycles. The van der Waals surface area contributed by atoms with E-state index in [1.165, 1.54) is 6.07 Å². The van der Waals surface area contributed by atoms with Gasteiger partial charge in [0.15, 0.2) is 5.52 Å². The number of carbonyl (C=O) groups excluding carboxylic acids is 1. The summed E-state index contributed by atoms with van der Waals surface area (Å²) in [4.78, 5) is 37.2. The second-order valence-corrected chi connectivity index (χ2v) is 7.28. The molecule has 1 atom stereocenters. The van der Waals surface area contributed by atoms with E-state index >= 15 is 0 Å². The predicted octanol–water partition coefficient (Wildman–Crippen LogP) is 3.97. The van der Waals surface area contributed by atoms with Crippen LogP contribution in [0.15, 0.2) is 77.4 Å². The number of fused-ring (bicyclic) bond motifs is 1. The summed E-state index contributed by atoms with van der Waals surface area (Å²) in [5, 5.41) is 28.7. The second-order valence-electron chi connectivity index (χ2n) is 7.28. The molecule has 11 heteroatoms. The van der Waals surface area contributed by atoms with E-state index in [0.717, 1.165) is 11.0 Å². The summed E-state index contributed by atoms with van der Waals surface area (Å²) >= 11 is 0. The van der Waals surface area contributed by atoms with Crippen molar-refractivity contribution >= 4 is 34.5 Å². The average molecular weight is 462 g/mol. The van der Waals surface area contributed by atoms with Gasteiger partial charge in [0.1, 0.15) is 12.6 Å². The van der Waals surface area contributed by atoms with Gasteiger partial charge in [-0.25, -0.2) is 14.2 Å². The monoisotopic (exact) mass is 462 g/mol. The van der Waals surface area contributed by atoms with E-state index in [0.29, 0.717) is 11.1 Å². The molecule has 0 fully saturated rings. The largest absolute Gasteiger partial charge is 0.480 e. The summed E-state index contributed by atoms with van der Waals surface area (Å²) in [7, 11) is 0. The van der Waals surface area contributed by atoms with E-state index in [1.807, 2.05) is 6.07 Å². The zero-order valence-electron chi connectivity index (χ0n) is 17.6. The minimum absolute atomic E-state index is 0.0387. The molecule has 1 N–H and O–H groups in total. The number of aliphatic carboxylic acids is 1. The number of aromatic nitrogens is 2. The smallest absolute Gasteiger partial charge is 0.415 e. The number of carboxylic acids is 1. The molecule has 34 heavy (non-hydrogen) atoms. The van der Waals surface area contributed by atoms with Crippen LogP contribution >= 0.6 is 0 Å². The summed E-state index contributed by atoms with van der Waals surface area (Å²) < 4.78 is 10.1. The number of amides is 1. The number of hydrogen-bond acceptors (Lipinski definition) is 8. The molecular weight excluding hydrogens is 444 g/mol. The summed E-state index contributed by atoms with van der Waals surface area (Å²) in [6, 6.07) is 18.5. The first-order chi connectivity index (χ1) is 16.5. The van der Waals surface area contributed by atoms with Gasteiger partial charge in [-0.1, -0.05) is 60.7 Å². The fourth-order valence-corrected chi connectivity index (χ4v) is 3.49. The van der Waals surface area contributed by atoms with Crippen molar-refractivity contribution in [3.63, 3.8) is 0 Å². The standard InChI is InChI=1S/C23H18N4O7/c28-22(29)19(13-15-7-3-1-4-8-15)26(23(30)33-14-16-9-5-2-6-10-16)17-11-12-18(27(31)32)21-20(17)24-34-25-21/h1-12,19H,13-14H2,(H,28,29)/t19-/m0/s1. The van der Waals surface area contributed by atoms with E-state index in [-0.39, 0.29) is 29.7 Å². The highest BCUT2D eigenvalue weighted by atomic mass is 16.6. The van der Waals surface area contributed by atoms with Crippen molar-refractivity contribution in [2.24, 2.45) is 0 Å². The number of carboxylic acid groups (broad SMARTS) is 1. The lowest BCUT2D eigenvalue weighted by atomic mass is 10.0. The third-order valence-corrected chi connectivity index (χ3v) is 5.10. The Morgan fingerprint density at radius 1 is 0.971 bits per heavy atom. The summed E-state index contributed by atoms with van der Waals surface area (Å²) in [6.45, 7) is -0.110. The van der Waals surface area contributed by atoms with Crippen molar-refractivity contribution in [3.05, 3.63) is 94.0 Å². The Morgan fingerprint density at radius 3 is 2.21 bits per heavy atom. The van der Waals surface area contributed by atoms with Gasteiger partial charge in [-0.05, 0) is 27.5 Å². The maximum atomic E-state index is 13.3. The molecule has 1 amide bonds. The van der Waals surface area contributed by atoms with Crippen molar-refractivity contribution in [3.8, 4) is 0 Å². The van der Waals surface area contributed by atoms with Crippen LogP contribution in [0.1, 0.15) is 11.1 Å². The zero-order valence-corrected chi connectivity index (χ0v) is 17.6. The summed E-state index contributed by atoms with van der Waals surface area (Å²) in [6.07, 6.45) is -1.02. The molecule has 0 unspecified atom stereocenters. The SMILES string of the molecule is O=C(O)[C@H](Cc1ccccc1)N(C(=O)OCc1ccccc1)c1ccc([N+](=O)[O-])c2nonc12. The number of nitro groups is 1. The Kier molecular flexibility index (Phi) is 6.44. The maximum Gasteiger partial charge on any atom is 0.415 e. The predicted molar refractivity (Wildman–Crippen MR) is 119 cm³/mol. The van der Waals surface area contributed by atoms with Gasteiger partial charge in [-0.2, -0.15) is 0 Å². The highest BCUT2D eigenvalue weighted by Gasteiger charge is 2.36. The molecule has 3 aromatic carbocycles. The first-order valence-corrected chi connectivity index (χ1v) is 10.1. The number of benzene rings is 3. The molecule has 0 bridgehead atoms. The Hall–Kier alpha value is -4.80. The molecule has 0 aliphatic heterocycles. The van der Waals surface area contributed by atoms with Gasteiger partial charge in [-0.15, -0.1) is 0 Å². The van der Waals surface area contributed by atoms with Crippen LogP contribution in [0.2, 0.25) is 0 Å². The van der Waals surface area contributed by atoms with Crippen molar-refractivity contribution < 1.29 is 29.0 Å². The first kappa shape index (κ1) is 22.4. The molecule has 11 nitrogen and oxygen atoms in total. The van der Waals surface area contributed by atoms with E-state index in [4.69, 9.17) is 4.74 Å². The van der Waals surface area contributed by atoms with Crippen molar-refractivity contribution in [2.75, 3.05) is 4.90 Å². The van der Waals surface area contributed by atoms with Gasteiger partial charge in [0.2, 0.25) is 5.52 Å². The fourth-order valence-electron chi connectivity index (χ4n) is 3.49. The van der Waals surface area contributed by atoms with Crippen molar-refractivity contribution in [2.45, 2.75) is 19.1 Å². The van der Waals surface area contributed by atoms with Crippen molar-refractivity contribution in [1.82, 2.24) is 10.3 Å². The molecular formula is C23H18N4O7. The Bertz CT molecular complexity index is 1330. The Labute approximate surface area is 192 Å². The molecule has 0 aliphatic carbocycles. The number of ether oxygens (including phenoxy) is 1. The van der Waals surface area contributed by atoms with E-state index < -0.39 is 28.7 Å². The fraction of sp³-hybridized carbons (Fsp3) is 0.130. The van der Waals surface area contributed by atoms with Gasteiger partial charge in [0.25, 0.3) is 0 Å². The summed E-state index contributed by atoms with van der Waals surface area (Å²) in [5.41, 5.74) is 0.572. The number of nitro benzene ring substituents is 1. The molecule has 0 aliphatic rings. The van der Waals surface area contributed by atoms with Crippen LogP contribution in [-0.2, 0) is 22.6 Å². The molecule has 1 aromatic heterocycles. The Balaban J connectivity index is 1.77. The number of anilines is 1. The molecule has 4 aromatic rings. The normalized spacial score (nSPS) is 11.6. The van der Waals surface area contributed by atoms with E-state index in [9.17, 15) is 24.8 Å². The van der Waals surface area contributed by atoms with Crippen LogP contribution in [0.3, 0.4) is 0 Å². The number of non-ortho nitro benzene ring substituents is 1. The highest BCUT2D eigenvalue weighted by Crippen LogP contribution is 2.33. The lowest BCUT2D eigenvalue weighted by Gasteiger charge is -2.28. The molecule has 0 saturated heterocycles. The summed E-state index contributed by atoms with van der Waals surface area (Å²) in [5.74, 6) is -1.30. The quantitative estimate of drug-likeness (QED) is 0.303. The number of rotatable bonds is 8. The molecule has 4 rings (SSSR count). The Morgan fingerprint density at radius 2 is 1.59 bits per heavy atom. The molecule has 0 spiro atoms. The molecule has 172 valence electrons. The number of carbonyl (C=O) groups is 2. The maximum absolute atomic E-state index is 13.3. The third kappa shape index (κ3) is 4.67. The van der Waals surface area contributed by atoms with Crippen LogP contribution < -0.4 is 4.90 Å². The van der Waals surface area contributed by atoms with E-state index in [1.54, 1.807) is 54.6 Å². The van der Waals surface area contributed by atoms with Crippen LogP contribution in [0, 0.1) is 10.1 Å². The van der Waals surface area contributed by atoms with Crippen LogP contribution in [0.25, 0.3) is 11.0 Å². The van der Waals surface area contributed by atoms with Gasteiger partial charge >= 0.3 is 17.7 Å². The lowest BCUT2D eigenvalue weighted by molar-refractivity contribution is -0.383. The van der Waals surface area contributed by atoms with Gasteiger partial charge in [0.05, 0.1) is 10.6 Å². The molecule has 0 radical (unpaired) electrons. The average Bonchev–Trinajstić information content (AvgIpc) is 3.33. The minimum atomic E-state index is -1.41. The van der Waals surface area contributed by atoms with E-state index in [2.05, 4.69) is 14.9 Å². The van der Waals surface area contributed by atoms with Crippen LogP contribution in [0.4, 0.5) is 16.2 Å². The van der Waals surface area contributed by atoms with Gasteiger partial charge < -0.3 is 9.84 Å². The zero-order chi connectivity index (χ0) is 24.1. The van der Waals surface area contributed by atoms with Crippen molar-refractivity contribution in [1.29, 1.82) is 0 Å². The minimum Gasteiger partial charge on any atom is -0.480 e. The van der Waals surface area contributed by atoms with Crippen LogP contribution in [0.5, 0.6) is 0 Å². The van der Waals surface area contributed by atoms with Crippen LogP contribution in [-0.4, -0.2) is 38.4 Å². The topological polar surface area (TPSA) is 149 Å². The van der Waals surface area contributed by atoms with Gasteiger partial charge in [0, 0.05) is 12.5 Å². The van der Waals surface area contributed by atoms with Gasteiger partial charge in [-0.3, -0.25) is 15.0 Å². The highest BCUT2D eigenvalue weighted by molar-refractivity contribution is 6.04.